The Morgan fingerprint density at radius 1 is 1.15 bits per heavy atom. The highest BCUT2D eigenvalue weighted by molar-refractivity contribution is 7.89. The third kappa shape index (κ3) is 4.73. The van der Waals surface area contributed by atoms with Crippen molar-refractivity contribution in [1.29, 1.82) is 0 Å². The maximum atomic E-state index is 12.9. The van der Waals surface area contributed by atoms with Crippen LogP contribution in [0.25, 0.3) is 0 Å². The van der Waals surface area contributed by atoms with Crippen LogP contribution >= 0.6 is 0 Å². The van der Waals surface area contributed by atoms with Gasteiger partial charge in [0.25, 0.3) is 0 Å². The summed E-state index contributed by atoms with van der Waals surface area (Å²) in [5.41, 5.74) is 2.66. The number of rotatable bonds is 5. The van der Waals surface area contributed by atoms with Crippen molar-refractivity contribution >= 4 is 15.9 Å². The topological polar surface area (TPSA) is 79.4 Å². The zero-order chi connectivity index (χ0) is 19.4. The van der Waals surface area contributed by atoms with Gasteiger partial charge in [-0.3, -0.25) is 9.78 Å². The van der Waals surface area contributed by atoms with E-state index >= 15 is 0 Å². The number of nitrogens with zero attached hydrogens (tertiary/aromatic N) is 2. The predicted octanol–water partition coefficient (Wildman–Crippen LogP) is 2.42. The fourth-order valence-corrected chi connectivity index (χ4v) is 5.07. The molecular formula is C20H25N3O3S. The number of benzene rings is 1. The first-order chi connectivity index (χ1) is 12.9. The summed E-state index contributed by atoms with van der Waals surface area (Å²) in [4.78, 5) is 16.9. The molecule has 1 amide bonds. The number of sulfonamides is 1. The van der Waals surface area contributed by atoms with Gasteiger partial charge in [0.1, 0.15) is 0 Å². The van der Waals surface area contributed by atoms with E-state index in [4.69, 9.17) is 0 Å². The van der Waals surface area contributed by atoms with Crippen LogP contribution in [-0.4, -0.2) is 36.7 Å². The number of piperidine rings is 1. The molecule has 1 fully saturated rings. The van der Waals surface area contributed by atoms with E-state index in [-0.39, 0.29) is 11.8 Å². The first kappa shape index (κ1) is 19.5. The predicted molar refractivity (Wildman–Crippen MR) is 103 cm³/mol. The Hall–Kier alpha value is -2.25. The van der Waals surface area contributed by atoms with Gasteiger partial charge in [0.2, 0.25) is 15.9 Å². The van der Waals surface area contributed by atoms with Gasteiger partial charge >= 0.3 is 0 Å². The molecule has 0 radical (unpaired) electrons. The molecule has 0 atom stereocenters. The second-order valence-electron chi connectivity index (χ2n) is 7.04. The van der Waals surface area contributed by atoms with E-state index in [1.54, 1.807) is 18.3 Å². The summed E-state index contributed by atoms with van der Waals surface area (Å²) < 4.78 is 27.3. The molecule has 2 aromatic rings. The maximum Gasteiger partial charge on any atom is 0.243 e. The summed E-state index contributed by atoms with van der Waals surface area (Å²) in [5.74, 6) is -0.205. The summed E-state index contributed by atoms with van der Waals surface area (Å²) in [6, 6.07) is 10.9. The van der Waals surface area contributed by atoms with Crippen LogP contribution in [0.2, 0.25) is 0 Å². The van der Waals surface area contributed by atoms with Crippen LogP contribution in [-0.2, 0) is 21.4 Å². The van der Waals surface area contributed by atoms with E-state index in [1.165, 1.54) is 4.31 Å². The zero-order valence-electron chi connectivity index (χ0n) is 15.7. The van der Waals surface area contributed by atoms with Gasteiger partial charge < -0.3 is 5.32 Å². The minimum Gasteiger partial charge on any atom is -0.350 e. The van der Waals surface area contributed by atoms with E-state index < -0.39 is 10.0 Å². The Labute approximate surface area is 160 Å². The first-order valence-corrected chi connectivity index (χ1v) is 10.6. The van der Waals surface area contributed by atoms with Crippen molar-refractivity contribution in [2.45, 2.75) is 38.1 Å². The quantitative estimate of drug-likeness (QED) is 0.854. The molecule has 1 aromatic heterocycles. The average Bonchev–Trinajstić information content (AvgIpc) is 2.66. The highest BCUT2D eigenvalue weighted by Crippen LogP contribution is 2.25. The molecule has 0 unspecified atom stereocenters. The highest BCUT2D eigenvalue weighted by atomic mass is 32.2. The second kappa shape index (κ2) is 8.19. The van der Waals surface area contributed by atoms with Crippen LogP contribution in [0.1, 0.15) is 29.7 Å². The Kier molecular flexibility index (Phi) is 5.92. The Balaban J connectivity index is 1.58. The van der Waals surface area contributed by atoms with Crippen LogP contribution in [0.5, 0.6) is 0 Å². The van der Waals surface area contributed by atoms with Gasteiger partial charge in [0.05, 0.1) is 17.1 Å². The SMILES string of the molecule is Cc1cc(C)cc(S(=O)(=O)N2CCC(C(=O)NCc3ccccn3)CC2)c1. The Bertz CT molecular complexity index is 885. The van der Waals surface area contributed by atoms with Gasteiger partial charge in [-0.25, -0.2) is 8.42 Å². The Morgan fingerprint density at radius 3 is 2.41 bits per heavy atom. The largest absolute Gasteiger partial charge is 0.350 e. The molecule has 1 aliphatic heterocycles. The van der Waals surface area contributed by atoms with Crippen LogP contribution in [0.15, 0.2) is 47.5 Å². The lowest BCUT2D eigenvalue weighted by atomic mass is 9.97. The number of aryl methyl sites for hydroxylation is 2. The van der Waals surface area contributed by atoms with E-state index in [9.17, 15) is 13.2 Å². The molecule has 27 heavy (non-hydrogen) atoms. The van der Waals surface area contributed by atoms with Gasteiger partial charge in [-0.2, -0.15) is 4.31 Å². The number of amides is 1. The van der Waals surface area contributed by atoms with E-state index in [1.807, 2.05) is 38.1 Å². The third-order valence-corrected chi connectivity index (χ3v) is 6.70. The maximum absolute atomic E-state index is 12.9. The molecule has 3 rings (SSSR count). The third-order valence-electron chi connectivity index (χ3n) is 4.83. The molecule has 6 nitrogen and oxygen atoms in total. The van der Waals surface area contributed by atoms with E-state index in [0.29, 0.717) is 37.4 Å². The summed E-state index contributed by atoms with van der Waals surface area (Å²) in [6.45, 7) is 4.89. The molecule has 0 aliphatic carbocycles. The number of carbonyl (C=O) groups excluding carboxylic acids is 1. The van der Waals surface area contributed by atoms with Crippen molar-refractivity contribution in [3.63, 3.8) is 0 Å². The summed E-state index contributed by atoms with van der Waals surface area (Å²) in [5, 5.41) is 2.90. The van der Waals surface area contributed by atoms with Gasteiger partial charge in [0, 0.05) is 25.2 Å². The van der Waals surface area contributed by atoms with Crippen molar-refractivity contribution in [2.24, 2.45) is 5.92 Å². The van der Waals surface area contributed by atoms with Crippen molar-refractivity contribution in [2.75, 3.05) is 13.1 Å². The number of nitrogens with one attached hydrogen (secondary N) is 1. The number of carbonyl (C=O) groups is 1. The molecule has 0 spiro atoms. The lowest BCUT2D eigenvalue weighted by molar-refractivity contribution is -0.126. The molecule has 1 aliphatic rings. The smallest absolute Gasteiger partial charge is 0.243 e. The van der Waals surface area contributed by atoms with E-state index in [2.05, 4.69) is 10.3 Å². The normalized spacial score (nSPS) is 16.2. The van der Waals surface area contributed by atoms with Gasteiger partial charge in [-0.05, 0) is 62.1 Å². The minimum atomic E-state index is -3.52. The summed E-state index contributed by atoms with van der Waals surface area (Å²) in [7, 11) is -3.52. The van der Waals surface area contributed by atoms with Crippen molar-refractivity contribution < 1.29 is 13.2 Å². The van der Waals surface area contributed by atoms with Crippen LogP contribution < -0.4 is 5.32 Å². The van der Waals surface area contributed by atoms with Crippen molar-refractivity contribution in [3.05, 3.63) is 59.4 Å². The Morgan fingerprint density at radius 2 is 1.81 bits per heavy atom. The van der Waals surface area contributed by atoms with Crippen LogP contribution in [0, 0.1) is 19.8 Å². The fraction of sp³-hybridized carbons (Fsp3) is 0.400. The second-order valence-corrected chi connectivity index (χ2v) is 8.98. The highest BCUT2D eigenvalue weighted by Gasteiger charge is 2.32. The molecular weight excluding hydrogens is 362 g/mol. The van der Waals surface area contributed by atoms with Crippen molar-refractivity contribution in [1.82, 2.24) is 14.6 Å². The average molecular weight is 388 g/mol. The standard InChI is InChI=1S/C20H25N3O3S/c1-15-11-16(2)13-19(12-15)27(25,26)23-9-6-17(7-10-23)20(24)22-14-18-5-3-4-8-21-18/h3-5,8,11-13,17H,6-7,9-10,14H2,1-2H3,(H,22,24). The van der Waals surface area contributed by atoms with E-state index in [0.717, 1.165) is 16.8 Å². The number of hydrogen-bond donors (Lipinski definition) is 1. The monoisotopic (exact) mass is 387 g/mol. The lowest BCUT2D eigenvalue weighted by Crippen LogP contribution is -2.42. The summed E-state index contributed by atoms with van der Waals surface area (Å²) in [6.07, 6.45) is 2.74. The number of aromatic nitrogens is 1. The number of hydrogen-bond acceptors (Lipinski definition) is 4. The minimum absolute atomic E-state index is 0.0379. The van der Waals surface area contributed by atoms with Crippen LogP contribution in [0.4, 0.5) is 0 Å². The van der Waals surface area contributed by atoms with Gasteiger partial charge in [-0.1, -0.05) is 12.1 Å². The molecule has 1 N–H and O–H groups in total. The molecule has 7 heteroatoms. The first-order valence-electron chi connectivity index (χ1n) is 9.12. The van der Waals surface area contributed by atoms with Crippen LogP contribution in [0.3, 0.4) is 0 Å². The molecule has 1 saturated heterocycles. The zero-order valence-corrected chi connectivity index (χ0v) is 16.5. The lowest BCUT2D eigenvalue weighted by Gasteiger charge is -2.30. The van der Waals surface area contributed by atoms with Gasteiger partial charge in [0.15, 0.2) is 0 Å². The number of pyridine rings is 1. The molecule has 0 bridgehead atoms. The fourth-order valence-electron chi connectivity index (χ4n) is 3.41. The van der Waals surface area contributed by atoms with Gasteiger partial charge in [-0.15, -0.1) is 0 Å². The molecule has 2 heterocycles. The molecule has 144 valence electrons. The van der Waals surface area contributed by atoms with Crippen molar-refractivity contribution in [3.8, 4) is 0 Å². The molecule has 1 aromatic carbocycles. The molecule has 0 saturated carbocycles. The summed E-state index contributed by atoms with van der Waals surface area (Å²) >= 11 is 0.